The average molecular weight is 393 g/mol. The summed E-state index contributed by atoms with van der Waals surface area (Å²) in [7, 11) is 0. The van der Waals surface area contributed by atoms with Gasteiger partial charge in [0, 0.05) is 9.35 Å². The number of benzene rings is 1. The minimum Gasteiger partial charge on any atom is -0.323 e. The molecular weight excluding hydrogens is 380 g/mol. The van der Waals surface area contributed by atoms with Crippen LogP contribution in [-0.4, -0.2) is 9.55 Å². The van der Waals surface area contributed by atoms with Crippen LogP contribution in [0.15, 0.2) is 33.5 Å². The highest BCUT2D eigenvalue weighted by atomic mass is 79.9. The van der Waals surface area contributed by atoms with Crippen LogP contribution in [0.25, 0.3) is 15.9 Å². The first-order valence-corrected chi connectivity index (χ1v) is 9.22. The molecule has 0 atom stereocenters. The fourth-order valence-electron chi connectivity index (χ4n) is 3.06. The number of hydrogen-bond acceptors (Lipinski definition) is 3. The van der Waals surface area contributed by atoms with E-state index in [9.17, 15) is 4.79 Å². The topological polar surface area (TPSA) is 37.8 Å². The molecule has 4 rings (SSSR count). The number of aromatic nitrogens is 2. The molecule has 6 heteroatoms. The SMILES string of the molecule is O=c1c2c3c(sc2[nH]c(=S)n1-c1ccc(Br)cc1)CCCC3. The van der Waals surface area contributed by atoms with E-state index >= 15 is 0 Å². The Kier molecular flexibility index (Phi) is 3.55. The van der Waals surface area contributed by atoms with E-state index in [1.54, 1.807) is 15.9 Å². The second-order valence-corrected chi connectivity index (χ2v) is 7.87. The Hall–Kier alpha value is -1.24. The predicted octanol–water partition coefficient (Wildman–Crippen LogP) is 4.75. The highest BCUT2D eigenvalue weighted by Crippen LogP contribution is 2.33. The van der Waals surface area contributed by atoms with E-state index in [0.717, 1.165) is 39.6 Å². The third kappa shape index (κ3) is 2.21. The zero-order valence-electron chi connectivity index (χ0n) is 11.7. The largest absolute Gasteiger partial charge is 0.323 e. The van der Waals surface area contributed by atoms with Crippen LogP contribution in [0, 0.1) is 4.77 Å². The number of aryl methyl sites for hydroxylation is 2. The normalized spacial score (nSPS) is 14.2. The summed E-state index contributed by atoms with van der Waals surface area (Å²) in [6.07, 6.45) is 4.44. The summed E-state index contributed by atoms with van der Waals surface area (Å²) in [4.78, 5) is 18.6. The molecule has 1 N–H and O–H groups in total. The molecule has 0 saturated carbocycles. The molecule has 0 amide bonds. The van der Waals surface area contributed by atoms with Crippen molar-refractivity contribution in [1.29, 1.82) is 0 Å². The smallest absolute Gasteiger partial charge is 0.267 e. The molecular formula is C16H13BrN2OS2. The first kappa shape index (κ1) is 14.4. The van der Waals surface area contributed by atoms with E-state index in [0.29, 0.717) is 4.77 Å². The van der Waals surface area contributed by atoms with Crippen LogP contribution in [0.1, 0.15) is 23.3 Å². The number of nitrogens with zero attached hydrogens (tertiary/aromatic N) is 1. The van der Waals surface area contributed by atoms with E-state index in [-0.39, 0.29) is 5.56 Å². The minimum atomic E-state index is 0.000437. The van der Waals surface area contributed by atoms with Crippen molar-refractivity contribution >= 4 is 49.7 Å². The maximum Gasteiger partial charge on any atom is 0.267 e. The van der Waals surface area contributed by atoms with Gasteiger partial charge in [0.2, 0.25) is 0 Å². The van der Waals surface area contributed by atoms with Gasteiger partial charge in [-0.3, -0.25) is 9.36 Å². The molecule has 3 nitrogen and oxygen atoms in total. The van der Waals surface area contributed by atoms with Crippen LogP contribution in [0.5, 0.6) is 0 Å². The molecule has 1 aliphatic rings. The summed E-state index contributed by atoms with van der Waals surface area (Å²) in [5.41, 5.74) is 2.03. The molecule has 0 radical (unpaired) electrons. The van der Waals surface area contributed by atoms with Crippen LogP contribution in [0.4, 0.5) is 0 Å². The molecule has 2 aromatic heterocycles. The van der Waals surface area contributed by atoms with Gasteiger partial charge >= 0.3 is 0 Å². The maximum absolute atomic E-state index is 13.0. The van der Waals surface area contributed by atoms with Crippen molar-refractivity contribution in [3.63, 3.8) is 0 Å². The fourth-order valence-corrected chi connectivity index (χ4v) is 4.96. The van der Waals surface area contributed by atoms with Crippen LogP contribution in [0.2, 0.25) is 0 Å². The number of aromatic amines is 1. The molecule has 0 spiro atoms. The Morgan fingerprint density at radius 2 is 1.91 bits per heavy atom. The van der Waals surface area contributed by atoms with Gasteiger partial charge in [0.15, 0.2) is 4.77 Å². The Bertz CT molecular complexity index is 982. The minimum absolute atomic E-state index is 0.000437. The number of nitrogens with one attached hydrogen (secondary N) is 1. The first-order valence-electron chi connectivity index (χ1n) is 7.20. The van der Waals surface area contributed by atoms with E-state index in [2.05, 4.69) is 20.9 Å². The average Bonchev–Trinajstić information content (AvgIpc) is 2.87. The molecule has 112 valence electrons. The summed E-state index contributed by atoms with van der Waals surface area (Å²) in [6, 6.07) is 7.65. The van der Waals surface area contributed by atoms with Crippen LogP contribution >= 0.6 is 39.5 Å². The number of rotatable bonds is 1. The predicted molar refractivity (Wildman–Crippen MR) is 96.9 cm³/mol. The molecule has 22 heavy (non-hydrogen) atoms. The highest BCUT2D eigenvalue weighted by Gasteiger charge is 2.20. The second kappa shape index (κ2) is 5.44. The van der Waals surface area contributed by atoms with Crippen molar-refractivity contribution in [2.75, 3.05) is 0 Å². The highest BCUT2D eigenvalue weighted by molar-refractivity contribution is 9.10. The summed E-state index contributed by atoms with van der Waals surface area (Å²) < 4.78 is 3.04. The Morgan fingerprint density at radius 1 is 1.18 bits per heavy atom. The van der Waals surface area contributed by atoms with Crippen molar-refractivity contribution in [1.82, 2.24) is 9.55 Å². The standard InChI is InChI=1S/C16H13BrN2OS2/c17-9-5-7-10(8-6-9)19-15(20)13-11-3-1-2-4-12(11)22-14(13)18-16(19)21/h5-8H,1-4H2,(H,18,21). The Balaban J connectivity index is 2.05. The molecule has 0 aliphatic heterocycles. The lowest BCUT2D eigenvalue weighted by atomic mass is 9.97. The third-order valence-electron chi connectivity index (χ3n) is 4.10. The quantitative estimate of drug-likeness (QED) is 0.606. The lowest BCUT2D eigenvalue weighted by molar-refractivity contribution is 0.699. The van der Waals surface area contributed by atoms with E-state index < -0.39 is 0 Å². The van der Waals surface area contributed by atoms with Gasteiger partial charge in [0.25, 0.3) is 5.56 Å². The van der Waals surface area contributed by atoms with Crippen molar-refractivity contribution < 1.29 is 0 Å². The first-order chi connectivity index (χ1) is 10.6. The van der Waals surface area contributed by atoms with E-state index in [1.165, 1.54) is 16.9 Å². The number of hydrogen-bond donors (Lipinski definition) is 1. The number of halogens is 1. The monoisotopic (exact) mass is 392 g/mol. The third-order valence-corrected chi connectivity index (χ3v) is 6.12. The lowest BCUT2D eigenvalue weighted by Crippen LogP contribution is -2.21. The lowest BCUT2D eigenvalue weighted by Gasteiger charge is -2.11. The fraction of sp³-hybridized carbons (Fsp3) is 0.250. The number of H-pyrrole nitrogens is 1. The molecule has 0 fully saturated rings. The van der Waals surface area contributed by atoms with E-state index in [1.807, 2.05) is 24.3 Å². The summed E-state index contributed by atoms with van der Waals surface area (Å²) >= 11 is 10.5. The van der Waals surface area contributed by atoms with Gasteiger partial charge in [0.05, 0.1) is 11.1 Å². The van der Waals surface area contributed by atoms with Crippen LogP contribution in [0.3, 0.4) is 0 Å². The molecule has 0 bridgehead atoms. The number of fused-ring (bicyclic) bond motifs is 3. The Labute approximate surface area is 144 Å². The van der Waals surface area contributed by atoms with E-state index in [4.69, 9.17) is 12.2 Å². The number of thiophene rings is 1. The molecule has 0 unspecified atom stereocenters. The van der Waals surface area contributed by atoms with Gasteiger partial charge in [-0.2, -0.15) is 0 Å². The van der Waals surface area contributed by atoms with Crippen molar-refractivity contribution in [3.05, 3.63) is 54.3 Å². The molecule has 1 aromatic carbocycles. The maximum atomic E-state index is 13.0. The van der Waals surface area contributed by atoms with Gasteiger partial charge in [-0.1, -0.05) is 15.9 Å². The van der Waals surface area contributed by atoms with Gasteiger partial charge < -0.3 is 4.98 Å². The van der Waals surface area contributed by atoms with Crippen molar-refractivity contribution in [3.8, 4) is 5.69 Å². The zero-order chi connectivity index (χ0) is 15.3. The zero-order valence-corrected chi connectivity index (χ0v) is 14.9. The molecule has 2 heterocycles. The second-order valence-electron chi connectivity index (χ2n) is 5.46. The Morgan fingerprint density at radius 3 is 2.68 bits per heavy atom. The molecule has 0 saturated heterocycles. The molecule has 3 aromatic rings. The van der Waals surface area contributed by atoms with Crippen molar-refractivity contribution in [2.45, 2.75) is 25.7 Å². The summed E-state index contributed by atoms with van der Waals surface area (Å²) in [6.45, 7) is 0. The molecule has 1 aliphatic carbocycles. The summed E-state index contributed by atoms with van der Waals surface area (Å²) in [5.74, 6) is 0. The van der Waals surface area contributed by atoms with Crippen molar-refractivity contribution in [2.24, 2.45) is 0 Å². The summed E-state index contributed by atoms with van der Waals surface area (Å²) in [5, 5.41) is 0.830. The van der Waals surface area contributed by atoms with Gasteiger partial charge in [-0.15, -0.1) is 11.3 Å². The van der Waals surface area contributed by atoms with Crippen LogP contribution < -0.4 is 5.56 Å². The van der Waals surface area contributed by atoms with Crippen LogP contribution in [-0.2, 0) is 12.8 Å². The van der Waals surface area contributed by atoms with Gasteiger partial charge in [0.1, 0.15) is 4.83 Å². The van der Waals surface area contributed by atoms with Gasteiger partial charge in [-0.05, 0) is 67.7 Å². The van der Waals surface area contributed by atoms with Gasteiger partial charge in [-0.25, -0.2) is 0 Å².